The SMILES string of the molecule is N#Cc1c(N)nc2ncccc2c1CCCCI. The molecule has 0 bridgehead atoms. The lowest BCUT2D eigenvalue weighted by atomic mass is 10.00. The number of alkyl halides is 1. The second-order valence-corrected chi connectivity index (χ2v) is 5.06. The van der Waals surface area contributed by atoms with Gasteiger partial charge in [0.05, 0.1) is 5.56 Å². The first-order valence-electron chi connectivity index (χ1n) is 5.77. The lowest BCUT2D eigenvalue weighted by molar-refractivity contribution is 0.811. The Balaban J connectivity index is 2.54. The maximum absolute atomic E-state index is 9.22. The van der Waals surface area contributed by atoms with E-state index in [1.807, 2.05) is 12.1 Å². The predicted octanol–water partition coefficient (Wildman–Crippen LogP) is 2.84. The molecular formula is C13H13IN4. The van der Waals surface area contributed by atoms with Crippen LogP contribution in [-0.2, 0) is 6.42 Å². The molecule has 0 aliphatic rings. The minimum absolute atomic E-state index is 0.285. The highest BCUT2D eigenvalue weighted by molar-refractivity contribution is 14.1. The number of fused-ring (bicyclic) bond motifs is 1. The highest BCUT2D eigenvalue weighted by atomic mass is 127. The molecule has 0 fully saturated rings. The van der Waals surface area contributed by atoms with Gasteiger partial charge in [-0.25, -0.2) is 9.97 Å². The van der Waals surface area contributed by atoms with Gasteiger partial charge in [-0.1, -0.05) is 22.6 Å². The Morgan fingerprint density at radius 3 is 2.94 bits per heavy atom. The highest BCUT2D eigenvalue weighted by Crippen LogP contribution is 2.24. The summed E-state index contributed by atoms with van der Waals surface area (Å²) in [6.45, 7) is 0. The van der Waals surface area contributed by atoms with E-state index in [1.165, 1.54) is 0 Å². The van der Waals surface area contributed by atoms with Crippen LogP contribution < -0.4 is 5.73 Å². The molecule has 0 radical (unpaired) electrons. The first kappa shape index (κ1) is 13.0. The molecule has 92 valence electrons. The van der Waals surface area contributed by atoms with Crippen molar-refractivity contribution in [3.05, 3.63) is 29.5 Å². The average molecular weight is 352 g/mol. The van der Waals surface area contributed by atoms with Crippen molar-refractivity contribution < 1.29 is 0 Å². The maximum Gasteiger partial charge on any atom is 0.161 e. The highest BCUT2D eigenvalue weighted by Gasteiger charge is 2.13. The topological polar surface area (TPSA) is 75.6 Å². The third-order valence-corrected chi connectivity index (χ3v) is 3.58. The summed E-state index contributed by atoms with van der Waals surface area (Å²) in [4.78, 5) is 8.38. The number of hydrogen-bond acceptors (Lipinski definition) is 4. The minimum atomic E-state index is 0.285. The quantitative estimate of drug-likeness (QED) is 0.522. The predicted molar refractivity (Wildman–Crippen MR) is 80.5 cm³/mol. The monoisotopic (exact) mass is 352 g/mol. The van der Waals surface area contributed by atoms with Gasteiger partial charge in [0, 0.05) is 11.6 Å². The minimum Gasteiger partial charge on any atom is -0.383 e. The first-order valence-corrected chi connectivity index (χ1v) is 7.29. The Hall–Kier alpha value is -1.42. The number of unbranched alkanes of at least 4 members (excludes halogenated alkanes) is 1. The number of nitrogens with two attached hydrogens (primary N) is 1. The van der Waals surface area contributed by atoms with Crippen LogP contribution in [0.4, 0.5) is 5.82 Å². The van der Waals surface area contributed by atoms with Crippen molar-refractivity contribution in [2.45, 2.75) is 19.3 Å². The summed E-state index contributed by atoms with van der Waals surface area (Å²) in [5.41, 5.74) is 7.94. The zero-order valence-corrected chi connectivity index (χ0v) is 12.0. The van der Waals surface area contributed by atoms with Gasteiger partial charge >= 0.3 is 0 Å². The van der Waals surface area contributed by atoms with Crippen molar-refractivity contribution in [1.82, 2.24) is 9.97 Å². The Bertz CT molecular complexity index is 604. The molecule has 5 heteroatoms. The average Bonchev–Trinajstić information content (AvgIpc) is 2.38. The number of nitrogens with zero attached hydrogens (tertiary/aromatic N) is 3. The zero-order valence-electron chi connectivity index (χ0n) is 9.86. The van der Waals surface area contributed by atoms with Crippen molar-refractivity contribution >= 4 is 39.4 Å². The summed E-state index contributed by atoms with van der Waals surface area (Å²) in [6.07, 6.45) is 4.72. The van der Waals surface area contributed by atoms with Crippen LogP contribution in [0.5, 0.6) is 0 Å². The Labute approximate surface area is 119 Å². The van der Waals surface area contributed by atoms with Gasteiger partial charge in [-0.15, -0.1) is 0 Å². The number of nitrogen functional groups attached to an aromatic ring is 1. The standard InChI is InChI=1S/C13H13IN4/c14-6-2-1-4-9-10-5-3-7-17-13(10)18-12(16)11(9)8-15/h3,5,7H,1-2,4,6H2,(H2,16,17,18). The maximum atomic E-state index is 9.22. The van der Waals surface area contributed by atoms with E-state index in [-0.39, 0.29) is 5.82 Å². The van der Waals surface area contributed by atoms with Gasteiger partial charge in [0.15, 0.2) is 5.65 Å². The molecule has 0 amide bonds. The summed E-state index contributed by atoms with van der Waals surface area (Å²) in [5, 5.41) is 10.2. The lowest BCUT2D eigenvalue weighted by Gasteiger charge is -2.09. The van der Waals surface area contributed by atoms with Gasteiger partial charge in [0.1, 0.15) is 11.9 Å². The van der Waals surface area contributed by atoms with Crippen molar-refractivity contribution in [1.29, 1.82) is 5.26 Å². The molecule has 0 aliphatic heterocycles. The van der Waals surface area contributed by atoms with Crippen LogP contribution in [0.1, 0.15) is 24.0 Å². The van der Waals surface area contributed by atoms with E-state index in [9.17, 15) is 5.26 Å². The van der Waals surface area contributed by atoms with Crippen molar-refractivity contribution in [2.75, 3.05) is 10.2 Å². The number of rotatable bonds is 4. The molecule has 0 aliphatic carbocycles. The fourth-order valence-electron chi connectivity index (χ4n) is 1.96. The van der Waals surface area contributed by atoms with E-state index < -0.39 is 0 Å². The lowest BCUT2D eigenvalue weighted by Crippen LogP contribution is -2.03. The molecular weight excluding hydrogens is 339 g/mol. The second kappa shape index (κ2) is 5.96. The third-order valence-electron chi connectivity index (χ3n) is 2.82. The first-order chi connectivity index (χ1) is 8.77. The molecule has 18 heavy (non-hydrogen) atoms. The molecule has 0 atom stereocenters. The zero-order chi connectivity index (χ0) is 13.0. The normalized spacial score (nSPS) is 10.4. The smallest absolute Gasteiger partial charge is 0.161 e. The van der Waals surface area contributed by atoms with Crippen LogP contribution >= 0.6 is 22.6 Å². The number of aromatic nitrogens is 2. The van der Waals surface area contributed by atoms with Crippen molar-refractivity contribution in [2.24, 2.45) is 0 Å². The van der Waals surface area contributed by atoms with Crippen LogP contribution in [-0.4, -0.2) is 14.4 Å². The van der Waals surface area contributed by atoms with Gasteiger partial charge in [-0.3, -0.25) is 0 Å². The number of halogens is 1. The molecule has 0 saturated heterocycles. The van der Waals surface area contributed by atoms with Crippen LogP contribution in [0, 0.1) is 11.3 Å². The van der Waals surface area contributed by atoms with Gasteiger partial charge in [0.2, 0.25) is 0 Å². The van der Waals surface area contributed by atoms with Crippen molar-refractivity contribution in [3.63, 3.8) is 0 Å². The van der Waals surface area contributed by atoms with E-state index in [1.54, 1.807) is 6.20 Å². The molecule has 2 rings (SSSR count). The van der Waals surface area contributed by atoms with Crippen LogP contribution in [0.2, 0.25) is 0 Å². The summed E-state index contributed by atoms with van der Waals surface area (Å²) in [6, 6.07) is 5.98. The van der Waals surface area contributed by atoms with Crippen molar-refractivity contribution in [3.8, 4) is 6.07 Å². The summed E-state index contributed by atoms with van der Waals surface area (Å²) in [7, 11) is 0. The van der Waals surface area contributed by atoms with E-state index in [4.69, 9.17) is 5.73 Å². The van der Waals surface area contributed by atoms with Gasteiger partial charge < -0.3 is 5.73 Å². The number of nitriles is 1. The van der Waals surface area contributed by atoms with E-state index in [2.05, 4.69) is 38.6 Å². The van der Waals surface area contributed by atoms with Gasteiger partial charge in [0.25, 0.3) is 0 Å². The summed E-state index contributed by atoms with van der Waals surface area (Å²) >= 11 is 2.36. The molecule has 4 nitrogen and oxygen atoms in total. The Kier molecular flexibility index (Phi) is 4.31. The number of anilines is 1. The molecule has 0 aromatic carbocycles. The van der Waals surface area contributed by atoms with Gasteiger partial charge in [-0.2, -0.15) is 5.26 Å². The van der Waals surface area contributed by atoms with Crippen LogP contribution in [0.15, 0.2) is 18.3 Å². The summed E-state index contributed by atoms with van der Waals surface area (Å²) in [5.74, 6) is 0.285. The third kappa shape index (κ3) is 2.53. The van der Waals surface area contributed by atoms with E-state index in [0.717, 1.165) is 34.6 Å². The number of pyridine rings is 2. The van der Waals surface area contributed by atoms with Gasteiger partial charge in [-0.05, 0) is 41.4 Å². The largest absolute Gasteiger partial charge is 0.383 e. The molecule has 0 unspecified atom stereocenters. The molecule has 2 heterocycles. The Morgan fingerprint density at radius 2 is 2.22 bits per heavy atom. The molecule has 2 aromatic heterocycles. The summed E-state index contributed by atoms with van der Waals surface area (Å²) < 4.78 is 1.12. The van der Waals surface area contributed by atoms with E-state index in [0.29, 0.717) is 11.2 Å². The Morgan fingerprint density at radius 1 is 1.39 bits per heavy atom. The molecule has 0 spiro atoms. The fraction of sp³-hybridized carbons (Fsp3) is 0.308. The van der Waals surface area contributed by atoms with Crippen LogP contribution in [0.3, 0.4) is 0 Å². The van der Waals surface area contributed by atoms with E-state index >= 15 is 0 Å². The second-order valence-electron chi connectivity index (χ2n) is 3.98. The molecule has 0 saturated carbocycles. The fourth-order valence-corrected chi connectivity index (χ4v) is 2.50. The van der Waals surface area contributed by atoms with Crippen LogP contribution in [0.25, 0.3) is 11.0 Å². The number of aryl methyl sites for hydroxylation is 1. The number of hydrogen-bond donors (Lipinski definition) is 1. The molecule has 2 N–H and O–H groups in total. The molecule has 2 aromatic rings.